The summed E-state index contributed by atoms with van der Waals surface area (Å²) in [4.78, 5) is 18.6. The second-order valence-electron chi connectivity index (χ2n) is 5.53. The number of nitrogens with zero attached hydrogens (tertiary/aromatic N) is 2. The van der Waals surface area contributed by atoms with Gasteiger partial charge in [0.25, 0.3) is 5.91 Å². The van der Waals surface area contributed by atoms with Gasteiger partial charge in [-0.3, -0.25) is 20.5 Å². The summed E-state index contributed by atoms with van der Waals surface area (Å²) in [6.45, 7) is 3.31. The number of ether oxygens (including phenoxy) is 1. The maximum Gasteiger partial charge on any atom is 0.270 e. The van der Waals surface area contributed by atoms with Crippen LogP contribution >= 0.6 is 0 Å². The molecule has 2 aliphatic rings. The van der Waals surface area contributed by atoms with E-state index in [1.54, 1.807) is 18.3 Å². The lowest BCUT2D eigenvalue weighted by molar-refractivity contribution is -0.0462. The van der Waals surface area contributed by atoms with Gasteiger partial charge in [-0.1, -0.05) is 0 Å². The Hall–Kier alpha value is -1.70. The first-order chi connectivity index (χ1) is 10.3. The summed E-state index contributed by atoms with van der Waals surface area (Å²) in [5.74, 6) is 5.12. The number of morpholine rings is 1. The lowest BCUT2D eigenvalue weighted by atomic mass is 10.2. The zero-order valence-electron chi connectivity index (χ0n) is 11.9. The average molecular weight is 291 g/mol. The Morgan fingerprint density at radius 1 is 1.57 bits per heavy atom. The van der Waals surface area contributed by atoms with E-state index in [0.717, 1.165) is 19.7 Å². The van der Waals surface area contributed by atoms with E-state index in [1.165, 1.54) is 12.8 Å². The highest BCUT2D eigenvalue weighted by Crippen LogP contribution is 2.22. The van der Waals surface area contributed by atoms with Crippen LogP contribution in [0.15, 0.2) is 18.3 Å². The lowest BCUT2D eigenvalue weighted by Crippen LogP contribution is -2.50. The molecule has 1 amide bonds. The Balaban J connectivity index is 1.51. The van der Waals surface area contributed by atoms with Crippen molar-refractivity contribution < 1.29 is 9.53 Å². The molecule has 0 aromatic carbocycles. The van der Waals surface area contributed by atoms with Gasteiger partial charge >= 0.3 is 0 Å². The summed E-state index contributed by atoms with van der Waals surface area (Å²) >= 11 is 0. The number of hydrogen-bond donors (Lipinski definition) is 3. The van der Waals surface area contributed by atoms with Crippen molar-refractivity contribution in [2.45, 2.75) is 25.0 Å². The van der Waals surface area contributed by atoms with Crippen molar-refractivity contribution in [1.29, 1.82) is 0 Å². The number of carbonyl (C=O) groups excluding carboxylic acids is 1. The fourth-order valence-electron chi connectivity index (χ4n) is 2.95. The molecule has 1 aromatic rings. The fraction of sp³-hybridized carbons (Fsp3) is 0.571. The number of aromatic nitrogens is 1. The molecule has 2 aliphatic heterocycles. The van der Waals surface area contributed by atoms with Crippen molar-refractivity contribution in [3.63, 3.8) is 0 Å². The van der Waals surface area contributed by atoms with Crippen molar-refractivity contribution in [3.05, 3.63) is 24.0 Å². The van der Waals surface area contributed by atoms with Crippen LogP contribution in [0.3, 0.4) is 0 Å². The second kappa shape index (κ2) is 6.38. The molecule has 7 nitrogen and oxygen atoms in total. The third-order valence-electron chi connectivity index (χ3n) is 4.11. The van der Waals surface area contributed by atoms with Gasteiger partial charge < -0.3 is 15.5 Å². The monoisotopic (exact) mass is 291 g/mol. The van der Waals surface area contributed by atoms with Gasteiger partial charge in [-0.05, 0) is 31.5 Å². The molecule has 2 unspecified atom stereocenters. The third-order valence-corrected chi connectivity index (χ3v) is 4.11. The number of hydrogen-bond acceptors (Lipinski definition) is 6. The number of carbonyl (C=O) groups is 1. The van der Waals surface area contributed by atoms with E-state index in [2.05, 4.69) is 20.6 Å². The smallest absolute Gasteiger partial charge is 0.270 e. The quantitative estimate of drug-likeness (QED) is 0.532. The van der Waals surface area contributed by atoms with Crippen LogP contribution in [0.25, 0.3) is 0 Å². The van der Waals surface area contributed by atoms with E-state index in [0.29, 0.717) is 24.0 Å². The highest BCUT2D eigenvalue weighted by Gasteiger charge is 2.32. The number of anilines is 1. The molecular weight excluding hydrogens is 270 g/mol. The number of rotatable bonds is 4. The van der Waals surface area contributed by atoms with E-state index in [4.69, 9.17) is 10.6 Å². The third kappa shape index (κ3) is 3.31. The van der Waals surface area contributed by atoms with Crippen LogP contribution in [0.4, 0.5) is 5.69 Å². The summed E-state index contributed by atoms with van der Waals surface area (Å²) in [5, 5.41) is 2.88. The van der Waals surface area contributed by atoms with Gasteiger partial charge in [0.15, 0.2) is 0 Å². The zero-order valence-corrected chi connectivity index (χ0v) is 11.9. The molecule has 3 heterocycles. The Morgan fingerprint density at radius 2 is 2.48 bits per heavy atom. The van der Waals surface area contributed by atoms with Gasteiger partial charge in [-0.25, -0.2) is 0 Å². The molecule has 0 bridgehead atoms. The van der Waals surface area contributed by atoms with Crippen LogP contribution in [0.2, 0.25) is 0 Å². The van der Waals surface area contributed by atoms with Crippen LogP contribution in [0.1, 0.15) is 23.3 Å². The zero-order chi connectivity index (χ0) is 14.7. The lowest BCUT2D eigenvalue weighted by Gasteiger charge is -2.35. The molecular formula is C14H21N5O2. The van der Waals surface area contributed by atoms with E-state index in [9.17, 15) is 4.79 Å². The Bertz CT molecular complexity index is 510. The first-order valence-corrected chi connectivity index (χ1v) is 7.33. The van der Waals surface area contributed by atoms with Crippen molar-refractivity contribution in [2.24, 2.45) is 5.84 Å². The SMILES string of the molecule is NNc1ccnc(C(=O)NCC2CN3CCCC3CO2)c1. The van der Waals surface area contributed by atoms with Gasteiger partial charge in [-0.2, -0.15) is 0 Å². The molecule has 0 saturated carbocycles. The summed E-state index contributed by atoms with van der Waals surface area (Å²) in [6, 6.07) is 3.90. The van der Waals surface area contributed by atoms with Crippen molar-refractivity contribution in [2.75, 3.05) is 31.7 Å². The molecule has 0 radical (unpaired) electrons. The van der Waals surface area contributed by atoms with Crippen LogP contribution in [0.5, 0.6) is 0 Å². The van der Waals surface area contributed by atoms with Crippen LogP contribution in [0, 0.1) is 0 Å². The number of pyridine rings is 1. The largest absolute Gasteiger partial charge is 0.373 e. The Labute approximate surface area is 123 Å². The number of amides is 1. The predicted molar refractivity (Wildman–Crippen MR) is 78.7 cm³/mol. The summed E-state index contributed by atoms with van der Waals surface area (Å²) in [6.07, 6.45) is 4.08. The first-order valence-electron chi connectivity index (χ1n) is 7.33. The normalized spacial score (nSPS) is 25.4. The highest BCUT2D eigenvalue weighted by molar-refractivity contribution is 5.93. The first kappa shape index (κ1) is 14.2. The molecule has 114 valence electrons. The molecule has 3 rings (SSSR count). The summed E-state index contributed by atoms with van der Waals surface area (Å²) in [7, 11) is 0. The van der Waals surface area contributed by atoms with Crippen LogP contribution < -0.4 is 16.6 Å². The van der Waals surface area contributed by atoms with Gasteiger partial charge in [0, 0.05) is 25.3 Å². The Kier molecular flexibility index (Phi) is 4.33. The number of fused-ring (bicyclic) bond motifs is 1. The van der Waals surface area contributed by atoms with Crippen molar-refractivity contribution in [3.8, 4) is 0 Å². The van der Waals surface area contributed by atoms with Crippen molar-refractivity contribution in [1.82, 2.24) is 15.2 Å². The van der Waals surface area contributed by atoms with Gasteiger partial charge in [-0.15, -0.1) is 0 Å². The maximum absolute atomic E-state index is 12.1. The summed E-state index contributed by atoms with van der Waals surface area (Å²) in [5.41, 5.74) is 3.51. The molecule has 21 heavy (non-hydrogen) atoms. The second-order valence-corrected chi connectivity index (χ2v) is 5.53. The van der Waals surface area contributed by atoms with E-state index in [-0.39, 0.29) is 12.0 Å². The predicted octanol–water partition coefficient (Wildman–Crippen LogP) is -0.0398. The molecule has 2 fully saturated rings. The summed E-state index contributed by atoms with van der Waals surface area (Å²) < 4.78 is 5.81. The number of nitrogens with two attached hydrogens (primary N) is 1. The van der Waals surface area contributed by atoms with Gasteiger partial charge in [0.2, 0.25) is 0 Å². The van der Waals surface area contributed by atoms with Gasteiger partial charge in [0.05, 0.1) is 18.4 Å². The van der Waals surface area contributed by atoms with E-state index in [1.807, 2.05) is 0 Å². The number of nitrogen functional groups attached to an aromatic ring is 1. The molecule has 2 atom stereocenters. The Morgan fingerprint density at radius 3 is 3.33 bits per heavy atom. The van der Waals surface area contributed by atoms with Crippen molar-refractivity contribution >= 4 is 11.6 Å². The minimum atomic E-state index is -0.209. The molecule has 0 spiro atoms. The standard InChI is InChI=1S/C14H21N5O2/c15-18-10-3-4-16-13(6-10)14(20)17-7-12-8-19-5-1-2-11(19)9-21-12/h3-4,6,11-12H,1-2,5,7-9,15H2,(H,16,18)(H,17,20). The number of hydrazine groups is 1. The molecule has 2 saturated heterocycles. The fourth-order valence-corrected chi connectivity index (χ4v) is 2.95. The topological polar surface area (TPSA) is 92.5 Å². The minimum absolute atomic E-state index is 0.0547. The molecule has 4 N–H and O–H groups in total. The number of nitrogens with one attached hydrogen (secondary N) is 2. The molecule has 7 heteroatoms. The van der Waals surface area contributed by atoms with E-state index < -0.39 is 0 Å². The molecule has 1 aromatic heterocycles. The highest BCUT2D eigenvalue weighted by atomic mass is 16.5. The minimum Gasteiger partial charge on any atom is -0.373 e. The van der Waals surface area contributed by atoms with E-state index >= 15 is 0 Å². The van der Waals surface area contributed by atoms with Gasteiger partial charge in [0.1, 0.15) is 5.69 Å². The molecule has 0 aliphatic carbocycles. The average Bonchev–Trinajstić information content (AvgIpc) is 3.00. The van der Waals surface area contributed by atoms with Crippen LogP contribution in [-0.4, -0.2) is 54.2 Å². The van der Waals surface area contributed by atoms with Crippen LogP contribution in [-0.2, 0) is 4.74 Å². The maximum atomic E-state index is 12.1.